The van der Waals surface area contributed by atoms with Crippen LogP contribution >= 0.6 is 11.3 Å². The number of carbonyl (C=O) groups is 1. The molecule has 88 valence electrons. The molecule has 0 saturated carbocycles. The fourth-order valence-corrected chi connectivity index (χ4v) is 1.80. The number of carbonyl (C=O) groups excluding carboxylic acids is 1. The minimum Gasteiger partial charge on any atom is -0.412 e. The van der Waals surface area contributed by atoms with Gasteiger partial charge < -0.3 is 5.48 Å². The standard InChI is InChI=1S/C12H10N2OS.H2O/c15-12(11-6-7-16-9-11)14-13-8-10-4-2-1-3-5-10;/h1-9H,(H,14,15);1H2/b13-8+;. The van der Waals surface area contributed by atoms with Gasteiger partial charge in [-0.1, -0.05) is 30.3 Å². The van der Waals surface area contributed by atoms with E-state index in [1.54, 1.807) is 17.7 Å². The molecule has 2 rings (SSSR count). The van der Waals surface area contributed by atoms with Crippen molar-refractivity contribution in [3.63, 3.8) is 0 Å². The number of hydrazone groups is 1. The van der Waals surface area contributed by atoms with Crippen molar-refractivity contribution >= 4 is 23.5 Å². The summed E-state index contributed by atoms with van der Waals surface area (Å²) in [7, 11) is 0. The molecule has 0 radical (unpaired) electrons. The number of benzene rings is 1. The number of rotatable bonds is 3. The van der Waals surface area contributed by atoms with Gasteiger partial charge in [0.2, 0.25) is 0 Å². The van der Waals surface area contributed by atoms with Crippen LogP contribution in [0.2, 0.25) is 0 Å². The zero-order chi connectivity index (χ0) is 11.2. The normalized spacial score (nSPS) is 9.88. The lowest BCUT2D eigenvalue weighted by atomic mass is 10.2. The highest BCUT2D eigenvalue weighted by Gasteiger charge is 2.02. The summed E-state index contributed by atoms with van der Waals surface area (Å²) in [5, 5.41) is 7.52. The summed E-state index contributed by atoms with van der Waals surface area (Å²) in [5.74, 6) is -0.187. The topological polar surface area (TPSA) is 73.0 Å². The van der Waals surface area contributed by atoms with Crippen LogP contribution in [-0.4, -0.2) is 17.6 Å². The number of thiophene rings is 1. The maximum Gasteiger partial charge on any atom is 0.272 e. The molecule has 1 aromatic heterocycles. The number of hydrogen-bond donors (Lipinski definition) is 1. The van der Waals surface area contributed by atoms with Crippen molar-refractivity contribution < 1.29 is 10.3 Å². The van der Waals surface area contributed by atoms with Gasteiger partial charge in [-0.3, -0.25) is 4.79 Å². The average Bonchev–Trinajstić information content (AvgIpc) is 2.84. The molecular formula is C12H12N2O2S. The second-order valence-electron chi connectivity index (χ2n) is 3.12. The van der Waals surface area contributed by atoms with Crippen LogP contribution in [0.3, 0.4) is 0 Å². The fourth-order valence-electron chi connectivity index (χ4n) is 1.16. The van der Waals surface area contributed by atoms with Gasteiger partial charge in [0.1, 0.15) is 0 Å². The van der Waals surface area contributed by atoms with E-state index in [1.165, 1.54) is 11.3 Å². The molecule has 0 bridgehead atoms. The number of hydrogen-bond acceptors (Lipinski definition) is 3. The predicted octanol–water partition coefficient (Wildman–Crippen LogP) is 1.69. The third-order valence-electron chi connectivity index (χ3n) is 1.96. The van der Waals surface area contributed by atoms with Gasteiger partial charge in [0.05, 0.1) is 11.8 Å². The molecule has 0 atom stereocenters. The highest BCUT2D eigenvalue weighted by atomic mass is 32.1. The Kier molecular flexibility index (Phi) is 5.06. The molecule has 3 N–H and O–H groups in total. The molecular weight excluding hydrogens is 236 g/mol. The van der Waals surface area contributed by atoms with E-state index in [2.05, 4.69) is 10.5 Å². The summed E-state index contributed by atoms with van der Waals surface area (Å²) < 4.78 is 0. The Morgan fingerprint density at radius 2 is 2.00 bits per heavy atom. The van der Waals surface area contributed by atoms with Crippen molar-refractivity contribution in [1.82, 2.24) is 5.43 Å². The van der Waals surface area contributed by atoms with Gasteiger partial charge in [0, 0.05) is 5.38 Å². The molecule has 0 fully saturated rings. The third kappa shape index (κ3) is 3.82. The maximum atomic E-state index is 11.5. The molecule has 1 aromatic carbocycles. The largest absolute Gasteiger partial charge is 0.412 e. The molecule has 0 aliphatic carbocycles. The Bertz CT molecular complexity index is 480. The fraction of sp³-hybridized carbons (Fsp3) is 0. The summed E-state index contributed by atoms with van der Waals surface area (Å²) in [4.78, 5) is 11.5. The first-order valence-electron chi connectivity index (χ1n) is 4.77. The number of nitrogens with zero attached hydrogens (tertiary/aromatic N) is 1. The van der Waals surface area contributed by atoms with E-state index in [-0.39, 0.29) is 11.4 Å². The van der Waals surface area contributed by atoms with Crippen LogP contribution in [0, 0.1) is 0 Å². The second-order valence-corrected chi connectivity index (χ2v) is 3.90. The van der Waals surface area contributed by atoms with Crippen molar-refractivity contribution in [1.29, 1.82) is 0 Å². The van der Waals surface area contributed by atoms with Crippen molar-refractivity contribution in [2.75, 3.05) is 0 Å². The first kappa shape index (κ1) is 13.1. The summed E-state index contributed by atoms with van der Waals surface area (Å²) in [6.07, 6.45) is 1.62. The van der Waals surface area contributed by atoms with Crippen LogP contribution in [0.15, 0.2) is 52.3 Å². The number of nitrogens with one attached hydrogen (secondary N) is 1. The molecule has 0 unspecified atom stereocenters. The monoisotopic (exact) mass is 248 g/mol. The molecule has 0 saturated heterocycles. The Balaban J connectivity index is 0.00000144. The van der Waals surface area contributed by atoms with Gasteiger partial charge in [-0.25, -0.2) is 5.43 Å². The van der Waals surface area contributed by atoms with Gasteiger partial charge in [0.15, 0.2) is 0 Å². The van der Waals surface area contributed by atoms with Crippen LogP contribution in [-0.2, 0) is 0 Å². The van der Waals surface area contributed by atoms with E-state index in [0.717, 1.165) is 5.56 Å². The van der Waals surface area contributed by atoms with Crippen molar-refractivity contribution in [3.05, 3.63) is 58.3 Å². The minimum absolute atomic E-state index is 0. The van der Waals surface area contributed by atoms with Gasteiger partial charge >= 0.3 is 0 Å². The Morgan fingerprint density at radius 3 is 2.65 bits per heavy atom. The molecule has 17 heavy (non-hydrogen) atoms. The van der Waals surface area contributed by atoms with Crippen molar-refractivity contribution in [2.45, 2.75) is 0 Å². The zero-order valence-electron chi connectivity index (χ0n) is 8.96. The Labute approximate surface area is 103 Å². The van der Waals surface area contributed by atoms with Gasteiger partial charge in [-0.05, 0) is 17.0 Å². The summed E-state index contributed by atoms with van der Waals surface area (Å²) in [6.45, 7) is 0. The molecule has 2 aromatic rings. The molecule has 0 aliphatic rings. The van der Waals surface area contributed by atoms with Crippen LogP contribution in [0.25, 0.3) is 0 Å². The van der Waals surface area contributed by atoms with Crippen LogP contribution in [0.1, 0.15) is 15.9 Å². The quantitative estimate of drug-likeness (QED) is 0.651. The summed E-state index contributed by atoms with van der Waals surface area (Å²) in [6, 6.07) is 11.4. The van der Waals surface area contributed by atoms with Crippen LogP contribution in [0.4, 0.5) is 0 Å². The van der Waals surface area contributed by atoms with Crippen molar-refractivity contribution in [2.24, 2.45) is 5.10 Å². The van der Waals surface area contributed by atoms with Crippen LogP contribution in [0.5, 0.6) is 0 Å². The number of amides is 1. The molecule has 5 heteroatoms. The van der Waals surface area contributed by atoms with E-state index in [0.29, 0.717) is 5.56 Å². The maximum absolute atomic E-state index is 11.5. The first-order chi connectivity index (χ1) is 7.86. The van der Waals surface area contributed by atoms with E-state index in [1.807, 2.05) is 35.7 Å². The van der Waals surface area contributed by atoms with Crippen molar-refractivity contribution in [3.8, 4) is 0 Å². The molecule has 4 nitrogen and oxygen atoms in total. The van der Waals surface area contributed by atoms with E-state index < -0.39 is 0 Å². The summed E-state index contributed by atoms with van der Waals surface area (Å²) in [5.41, 5.74) is 4.06. The van der Waals surface area contributed by atoms with Gasteiger partial charge in [-0.2, -0.15) is 16.4 Å². The molecule has 0 spiro atoms. The second kappa shape index (κ2) is 6.57. The third-order valence-corrected chi connectivity index (χ3v) is 2.65. The van der Waals surface area contributed by atoms with E-state index in [9.17, 15) is 4.79 Å². The van der Waals surface area contributed by atoms with E-state index >= 15 is 0 Å². The summed E-state index contributed by atoms with van der Waals surface area (Å²) >= 11 is 1.49. The molecule has 1 amide bonds. The SMILES string of the molecule is O.O=C(N/N=C/c1ccccc1)c1ccsc1. The van der Waals surface area contributed by atoms with Gasteiger partial charge in [0.25, 0.3) is 5.91 Å². The van der Waals surface area contributed by atoms with Crippen LogP contribution < -0.4 is 5.43 Å². The zero-order valence-corrected chi connectivity index (χ0v) is 9.78. The smallest absolute Gasteiger partial charge is 0.272 e. The molecule has 0 aliphatic heterocycles. The Hall–Kier alpha value is -1.98. The minimum atomic E-state index is -0.187. The lowest BCUT2D eigenvalue weighted by Crippen LogP contribution is -2.16. The lowest BCUT2D eigenvalue weighted by Gasteiger charge is -1.95. The molecule has 1 heterocycles. The van der Waals surface area contributed by atoms with E-state index in [4.69, 9.17) is 0 Å². The average molecular weight is 248 g/mol. The first-order valence-corrected chi connectivity index (χ1v) is 5.71. The van der Waals surface area contributed by atoms with Gasteiger partial charge in [-0.15, -0.1) is 0 Å². The lowest BCUT2D eigenvalue weighted by molar-refractivity contribution is 0.0955. The Morgan fingerprint density at radius 1 is 1.24 bits per heavy atom. The highest BCUT2D eigenvalue weighted by molar-refractivity contribution is 7.08. The predicted molar refractivity (Wildman–Crippen MR) is 69.4 cm³/mol. The highest BCUT2D eigenvalue weighted by Crippen LogP contribution is 2.05.